The summed E-state index contributed by atoms with van der Waals surface area (Å²) in [5.41, 5.74) is 2.34. The molecule has 0 spiro atoms. The summed E-state index contributed by atoms with van der Waals surface area (Å²) in [5.74, 6) is -0.517. The van der Waals surface area contributed by atoms with E-state index in [2.05, 4.69) is 42.1 Å². The smallest absolute Gasteiger partial charge is 0.303 e. The van der Waals surface area contributed by atoms with Crippen LogP contribution in [-0.4, -0.2) is 28.2 Å². The van der Waals surface area contributed by atoms with E-state index in [1.165, 1.54) is 56.9 Å². The SMILES string of the molecule is CCCCCC(CCCCC)n1ccc2cc(C(=O)Nc3ccccc3OCCCC(=O)O)ccc21. The van der Waals surface area contributed by atoms with Gasteiger partial charge in [0.25, 0.3) is 5.91 Å². The van der Waals surface area contributed by atoms with Crippen LogP contribution in [0.25, 0.3) is 10.9 Å². The van der Waals surface area contributed by atoms with Crippen molar-refractivity contribution >= 4 is 28.5 Å². The first-order valence-corrected chi connectivity index (χ1v) is 13.4. The second-order valence-electron chi connectivity index (χ2n) is 9.44. The maximum atomic E-state index is 13.1. The normalized spacial score (nSPS) is 11.2. The van der Waals surface area contributed by atoms with E-state index in [0.29, 0.717) is 29.5 Å². The zero-order valence-corrected chi connectivity index (χ0v) is 21.7. The highest BCUT2D eigenvalue weighted by molar-refractivity contribution is 6.07. The Morgan fingerprint density at radius 1 is 0.944 bits per heavy atom. The summed E-state index contributed by atoms with van der Waals surface area (Å²) in [4.78, 5) is 23.8. The second-order valence-corrected chi connectivity index (χ2v) is 9.44. The molecule has 2 aromatic carbocycles. The number of unbranched alkanes of at least 4 members (excludes halogenated alkanes) is 4. The van der Waals surface area contributed by atoms with Gasteiger partial charge in [0.2, 0.25) is 0 Å². The van der Waals surface area contributed by atoms with Crippen LogP contribution in [0.2, 0.25) is 0 Å². The largest absolute Gasteiger partial charge is 0.491 e. The lowest BCUT2D eigenvalue weighted by molar-refractivity contribution is -0.137. The monoisotopic (exact) mass is 492 g/mol. The Bertz CT molecular complexity index is 1110. The Morgan fingerprint density at radius 3 is 2.36 bits per heavy atom. The molecule has 0 bridgehead atoms. The topological polar surface area (TPSA) is 80.6 Å². The minimum absolute atomic E-state index is 0.0479. The average molecular weight is 493 g/mol. The third-order valence-electron chi connectivity index (χ3n) is 6.59. The second kappa shape index (κ2) is 14.3. The molecule has 6 nitrogen and oxygen atoms in total. The van der Waals surface area contributed by atoms with E-state index >= 15 is 0 Å². The first kappa shape index (κ1) is 27.3. The molecule has 0 aliphatic heterocycles. The van der Waals surface area contributed by atoms with Gasteiger partial charge in [0.05, 0.1) is 12.3 Å². The van der Waals surface area contributed by atoms with E-state index in [9.17, 15) is 9.59 Å². The minimum atomic E-state index is -0.849. The summed E-state index contributed by atoms with van der Waals surface area (Å²) in [6, 6.07) is 15.7. The van der Waals surface area contributed by atoms with Crippen molar-refractivity contribution in [3.8, 4) is 5.75 Å². The molecule has 0 saturated carbocycles. The van der Waals surface area contributed by atoms with Gasteiger partial charge in [-0.05, 0) is 55.7 Å². The van der Waals surface area contributed by atoms with Crippen molar-refractivity contribution in [3.05, 3.63) is 60.3 Å². The molecule has 0 fully saturated rings. The van der Waals surface area contributed by atoms with Crippen molar-refractivity contribution in [2.75, 3.05) is 11.9 Å². The minimum Gasteiger partial charge on any atom is -0.491 e. The Hall–Kier alpha value is -3.28. The van der Waals surface area contributed by atoms with E-state index in [-0.39, 0.29) is 18.9 Å². The van der Waals surface area contributed by atoms with Crippen molar-refractivity contribution in [1.82, 2.24) is 4.57 Å². The predicted octanol–water partition coefficient (Wildman–Crippen LogP) is 7.84. The van der Waals surface area contributed by atoms with Gasteiger partial charge in [-0.1, -0.05) is 64.5 Å². The number of benzene rings is 2. The number of aliphatic carboxylic acids is 1. The maximum Gasteiger partial charge on any atom is 0.303 e. The number of carbonyl (C=O) groups excluding carboxylic acids is 1. The molecule has 3 rings (SSSR count). The third kappa shape index (κ3) is 7.87. The van der Waals surface area contributed by atoms with Crippen molar-refractivity contribution in [2.24, 2.45) is 0 Å². The molecule has 36 heavy (non-hydrogen) atoms. The quantitative estimate of drug-likeness (QED) is 0.200. The van der Waals surface area contributed by atoms with Crippen molar-refractivity contribution in [1.29, 1.82) is 0 Å². The molecule has 1 amide bonds. The van der Waals surface area contributed by atoms with Gasteiger partial charge >= 0.3 is 5.97 Å². The number of ether oxygens (including phenoxy) is 1. The molecular formula is C30H40N2O4. The molecule has 1 heterocycles. The fraction of sp³-hybridized carbons (Fsp3) is 0.467. The number of rotatable bonds is 16. The highest BCUT2D eigenvalue weighted by Gasteiger charge is 2.15. The van der Waals surface area contributed by atoms with E-state index in [1.54, 1.807) is 12.1 Å². The summed E-state index contributed by atoms with van der Waals surface area (Å²) in [6.45, 7) is 4.76. The Morgan fingerprint density at radius 2 is 1.67 bits per heavy atom. The van der Waals surface area contributed by atoms with Crippen LogP contribution in [0.1, 0.15) is 94.5 Å². The zero-order valence-electron chi connectivity index (χ0n) is 21.7. The van der Waals surface area contributed by atoms with Crippen LogP contribution in [0.15, 0.2) is 54.7 Å². The van der Waals surface area contributed by atoms with Gasteiger partial charge in [-0.15, -0.1) is 0 Å². The summed E-state index contributed by atoms with van der Waals surface area (Å²) < 4.78 is 8.13. The molecule has 194 valence electrons. The number of amides is 1. The highest BCUT2D eigenvalue weighted by atomic mass is 16.5. The summed E-state index contributed by atoms with van der Waals surface area (Å²) >= 11 is 0. The van der Waals surface area contributed by atoms with Gasteiger partial charge in [0, 0.05) is 35.1 Å². The molecule has 0 radical (unpaired) electrons. The molecule has 0 unspecified atom stereocenters. The van der Waals surface area contributed by atoms with Gasteiger partial charge in [-0.25, -0.2) is 0 Å². The molecule has 6 heteroatoms. The summed E-state index contributed by atoms with van der Waals surface area (Å²) in [7, 11) is 0. The lowest BCUT2D eigenvalue weighted by Gasteiger charge is -2.20. The molecular weight excluding hydrogens is 452 g/mol. The van der Waals surface area contributed by atoms with E-state index in [1.807, 2.05) is 24.3 Å². The van der Waals surface area contributed by atoms with Crippen LogP contribution < -0.4 is 10.1 Å². The van der Waals surface area contributed by atoms with Gasteiger partial charge < -0.3 is 19.7 Å². The van der Waals surface area contributed by atoms with Crippen LogP contribution in [0.5, 0.6) is 5.75 Å². The van der Waals surface area contributed by atoms with Crippen molar-refractivity contribution in [2.45, 2.75) is 84.1 Å². The van der Waals surface area contributed by atoms with Crippen LogP contribution in [0, 0.1) is 0 Å². The van der Waals surface area contributed by atoms with Crippen LogP contribution >= 0.6 is 0 Å². The average Bonchev–Trinajstić information content (AvgIpc) is 3.30. The van der Waals surface area contributed by atoms with Crippen molar-refractivity contribution < 1.29 is 19.4 Å². The first-order valence-electron chi connectivity index (χ1n) is 13.4. The number of hydrogen-bond donors (Lipinski definition) is 2. The van der Waals surface area contributed by atoms with Gasteiger partial charge in [-0.2, -0.15) is 0 Å². The predicted molar refractivity (Wildman–Crippen MR) is 146 cm³/mol. The summed E-state index contributed by atoms with van der Waals surface area (Å²) in [6.07, 6.45) is 12.5. The van der Waals surface area contributed by atoms with Gasteiger partial charge in [-0.3, -0.25) is 9.59 Å². The molecule has 0 saturated heterocycles. The highest BCUT2D eigenvalue weighted by Crippen LogP contribution is 2.30. The molecule has 0 atom stereocenters. The number of hydrogen-bond acceptors (Lipinski definition) is 3. The van der Waals surface area contributed by atoms with Gasteiger partial charge in [0.15, 0.2) is 0 Å². The maximum absolute atomic E-state index is 13.1. The van der Waals surface area contributed by atoms with Crippen molar-refractivity contribution in [3.63, 3.8) is 0 Å². The number of carbonyl (C=O) groups is 2. The number of carboxylic acid groups (broad SMARTS) is 1. The first-order chi connectivity index (χ1) is 17.5. The zero-order chi connectivity index (χ0) is 25.8. The van der Waals surface area contributed by atoms with Crippen LogP contribution in [0.3, 0.4) is 0 Å². The Labute approximate surface area is 214 Å². The number of anilines is 1. The summed E-state index contributed by atoms with van der Waals surface area (Å²) in [5, 5.41) is 12.8. The lowest BCUT2D eigenvalue weighted by Crippen LogP contribution is -2.13. The lowest BCUT2D eigenvalue weighted by atomic mass is 10.0. The number of aromatic nitrogens is 1. The van der Waals surface area contributed by atoms with Crippen LogP contribution in [-0.2, 0) is 4.79 Å². The number of para-hydroxylation sites is 2. The molecule has 0 aliphatic rings. The molecule has 0 aliphatic carbocycles. The Kier molecular flexibility index (Phi) is 10.9. The van der Waals surface area contributed by atoms with E-state index < -0.39 is 5.97 Å². The van der Waals surface area contributed by atoms with E-state index in [0.717, 1.165) is 5.39 Å². The fourth-order valence-electron chi connectivity index (χ4n) is 4.60. The fourth-order valence-corrected chi connectivity index (χ4v) is 4.60. The molecule has 3 aromatic rings. The standard InChI is InChI=1S/C30H40N2O4/c1-3-5-7-12-25(13-8-6-4-2)32-20-19-23-22-24(17-18-27(23)32)30(35)31-26-14-9-10-15-28(26)36-21-11-16-29(33)34/h9-10,14-15,17-20,22,25H,3-8,11-13,16,21H2,1-2H3,(H,31,35)(H,33,34). The number of fused-ring (bicyclic) bond motifs is 1. The van der Waals surface area contributed by atoms with E-state index in [4.69, 9.17) is 9.84 Å². The number of nitrogens with zero attached hydrogens (tertiary/aromatic N) is 1. The Balaban J connectivity index is 1.71. The van der Waals surface area contributed by atoms with Crippen LogP contribution in [0.4, 0.5) is 5.69 Å². The number of carboxylic acids is 1. The third-order valence-corrected chi connectivity index (χ3v) is 6.59. The molecule has 1 aromatic heterocycles. The molecule has 2 N–H and O–H groups in total. The van der Waals surface area contributed by atoms with Gasteiger partial charge in [0.1, 0.15) is 5.75 Å². The number of nitrogens with one attached hydrogen (secondary N) is 1.